The average Bonchev–Trinajstić information content (AvgIpc) is 2.89. The van der Waals surface area contributed by atoms with Gasteiger partial charge < -0.3 is 10.2 Å². The molecule has 1 aromatic heterocycles. The normalized spacial score (nSPS) is 14.1. The van der Waals surface area contributed by atoms with Crippen LogP contribution in [0, 0.1) is 6.92 Å². The van der Waals surface area contributed by atoms with Crippen LogP contribution in [-0.2, 0) is 11.3 Å². The zero-order valence-corrected chi connectivity index (χ0v) is 15.8. The highest BCUT2D eigenvalue weighted by Gasteiger charge is 2.40. The Balaban J connectivity index is 1.73. The highest BCUT2D eigenvalue weighted by molar-refractivity contribution is 6.22. The SMILES string of the molecule is Cc1ccc2c(c1)C(=O)N([C@@H](C)C(=O)NCc1cccnc1N(C)C)C2=O. The molecule has 140 valence electrons. The van der Waals surface area contributed by atoms with Crippen LogP contribution in [-0.4, -0.2) is 47.7 Å². The summed E-state index contributed by atoms with van der Waals surface area (Å²) in [6.07, 6.45) is 1.68. The number of aryl methyl sites for hydroxylation is 1. The van der Waals surface area contributed by atoms with E-state index in [1.165, 1.54) is 0 Å². The summed E-state index contributed by atoms with van der Waals surface area (Å²) in [5, 5.41) is 2.80. The van der Waals surface area contributed by atoms with Crippen molar-refractivity contribution in [2.45, 2.75) is 26.4 Å². The summed E-state index contributed by atoms with van der Waals surface area (Å²) < 4.78 is 0. The summed E-state index contributed by atoms with van der Waals surface area (Å²) in [6.45, 7) is 3.67. The van der Waals surface area contributed by atoms with E-state index in [4.69, 9.17) is 0 Å². The van der Waals surface area contributed by atoms with E-state index in [0.29, 0.717) is 11.1 Å². The molecule has 0 spiro atoms. The molecule has 2 heterocycles. The van der Waals surface area contributed by atoms with Gasteiger partial charge in [0, 0.05) is 32.4 Å². The molecule has 1 aliphatic rings. The number of pyridine rings is 1. The second-order valence-electron chi connectivity index (χ2n) is 6.80. The molecule has 1 atom stereocenters. The summed E-state index contributed by atoms with van der Waals surface area (Å²) in [6, 6.07) is 7.86. The van der Waals surface area contributed by atoms with Crippen molar-refractivity contribution in [1.29, 1.82) is 0 Å². The topological polar surface area (TPSA) is 82.6 Å². The summed E-state index contributed by atoms with van der Waals surface area (Å²) in [5.41, 5.74) is 2.43. The number of aromatic nitrogens is 1. The van der Waals surface area contributed by atoms with E-state index in [9.17, 15) is 14.4 Å². The van der Waals surface area contributed by atoms with Gasteiger partial charge >= 0.3 is 0 Å². The quantitative estimate of drug-likeness (QED) is 0.816. The number of nitrogens with one attached hydrogen (secondary N) is 1. The van der Waals surface area contributed by atoms with Gasteiger partial charge in [-0.2, -0.15) is 0 Å². The monoisotopic (exact) mass is 366 g/mol. The van der Waals surface area contributed by atoms with Crippen molar-refractivity contribution in [3.63, 3.8) is 0 Å². The Morgan fingerprint density at radius 1 is 1.19 bits per heavy atom. The van der Waals surface area contributed by atoms with Gasteiger partial charge in [0.25, 0.3) is 11.8 Å². The van der Waals surface area contributed by atoms with Crippen molar-refractivity contribution in [3.8, 4) is 0 Å². The molecule has 2 aromatic rings. The van der Waals surface area contributed by atoms with E-state index in [1.807, 2.05) is 32.0 Å². The van der Waals surface area contributed by atoms with Gasteiger partial charge in [-0.05, 0) is 32.0 Å². The second-order valence-corrected chi connectivity index (χ2v) is 6.80. The van der Waals surface area contributed by atoms with Crippen molar-refractivity contribution < 1.29 is 14.4 Å². The Morgan fingerprint density at radius 2 is 1.89 bits per heavy atom. The molecule has 0 aliphatic carbocycles. The number of nitrogens with zero attached hydrogens (tertiary/aromatic N) is 3. The molecule has 7 nitrogen and oxygen atoms in total. The lowest BCUT2D eigenvalue weighted by molar-refractivity contribution is -0.124. The van der Waals surface area contributed by atoms with E-state index in [1.54, 1.807) is 37.4 Å². The number of imide groups is 1. The molecular formula is C20H22N4O3. The van der Waals surface area contributed by atoms with Crippen molar-refractivity contribution in [1.82, 2.24) is 15.2 Å². The standard InChI is InChI=1S/C20H22N4O3/c1-12-7-8-15-16(10-12)20(27)24(19(15)26)13(2)18(25)22-11-14-6-5-9-21-17(14)23(3)4/h5-10,13H,11H2,1-4H3,(H,22,25)/t13-/m0/s1. The minimum Gasteiger partial charge on any atom is -0.362 e. The molecule has 7 heteroatoms. The molecule has 0 unspecified atom stereocenters. The Kier molecular flexibility index (Phi) is 4.94. The van der Waals surface area contributed by atoms with Crippen LogP contribution in [0.3, 0.4) is 0 Å². The van der Waals surface area contributed by atoms with Gasteiger partial charge in [-0.3, -0.25) is 19.3 Å². The molecular weight excluding hydrogens is 344 g/mol. The van der Waals surface area contributed by atoms with Gasteiger partial charge in [0.15, 0.2) is 0 Å². The highest BCUT2D eigenvalue weighted by Crippen LogP contribution is 2.25. The van der Waals surface area contributed by atoms with E-state index >= 15 is 0 Å². The Labute approximate surface area is 158 Å². The zero-order chi connectivity index (χ0) is 19.7. The maximum atomic E-state index is 12.6. The van der Waals surface area contributed by atoms with Gasteiger partial charge in [-0.25, -0.2) is 4.98 Å². The van der Waals surface area contributed by atoms with Crippen LogP contribution in [0.5, 0.6) is 0 Å². The number of carbonyl (C=O) groups excluding carboxylic acids is 3. The molecule has 3 amide bonds. The lowest BCUT2D eigenvalue weighted by atomic mass is 10.1. The van der Waals surface area contributed by atoms with E-state index in [0.717, 1.165) is 21.8 Å². The Morgan fingerprint density at radius 3 is 2.59 bits per heavy atom. The van der Waals surface area contributed by atoms with Crippen LogP contribution >= 0.6 is 0 Å². The predicted octanol–water partition coefficient (Wildman–Crippen LogP) is 1.76. The number of carbonyl (C=O) groups is 3. The van der Waals surface area contributed by atoms with Gasteiger partial charge in [-0.15, -0.1) is 0 Å². The van der Waals surface area contributed by atoms with Gasteiger partial charge in [0.1, 0.15) is 11.9 Å². The van der Waals surface area contributed by atoms with Crippen LogP contribution in [0.2, 0.25) is 0 Å². The average molecular weight is 366 g/mol. The summed E-state index contributed by atoms with van der Waals surface area (Å²) >= 11 is 0. The third-order valence-corrected chi connectivity index (χ3v) is 4.58. The molecule has 0 saturated carbocycles. The highest BCUT2D eigenvalue weighted by atomic mass is 16.2. The third kappa shape index (κ3) is 3.40. The lowest BCUT2D eigenvalue weighted by Gasteiger charge is -2.22. The van der Waals surface area contributed by atoms with Crippen LogP contribution < -0.4 is 10.2 Å². The van der Waals surface area contributed by atoms with Crippen LogP contribution in [0.15, 0.2) is 36.5 Å². The van der Waals surface area contributed by atoms with E-state index in [2.05, 4.69) is 10.3 Å². The van der Waals surface area contributed by atoms with Crippen molar-refractivity contribution in [2.24, 2.45) is 0 Å². The zero-order valence-electron chi connectivity index (χ0n) is 15.8. The molecule has 0 bridgehead atoms. The fourth-order valence-corrected chi connectivity index (χ4v) is 3.14. The first-order valence-corrected chi connectivity index (χ1v) is 8.68. The molecule has 1 aromatic carbocycles. The fraction of sp³-hybridized carbons (Fsp3) is 0.300. The number of amides is 3. The molecule has 3 rings (SSSR count). The van der Waals surface area contributed by atoms with Crippen molar-refractivity contribution in [2.75, 3.05) is 19.0 Å². The van der Waals surface area contributed by atoms with Gasteiger partial charge in [-0.1, -0.05) is 17.7 Å². The summed E-state index contributed by atoms with van der Waals surface area (Å²) in [4.78, 5) is 45.0. The van der Waals surface area contributed by atoms with Crippen molar-refractivity contribution in [3.05, 3.63) is 58.8 Å². The van der Waals surface area contributed by atoms with Crippen LogP contribution in [0.1, 0.15) is 38.8 Å². The molecule has 1 N–H and O–H groups in total. The minimum atomic E-state index is -0.905. The van der Waals surface area contributed by atoms with E-state index in [-0.39, 0.29) is 6.54 Å². The first kappa shape index (κ1) is 18.6. The number of benzene rings is 1. The first-order valence-electron chi connectivity index (χ1n) is 8.68. The maximum Gasteiger partial charge on any atom is 0.262 e. The largest absolute Gasteiger partial charge is 0.362 e. The van der Waals surface area contributed by atoms with Crippen LogP contribution in [0.25, 0.3) is 0 Å². The van der Waals surface area contributed by atoms with Crippen LogP contribution in [0.4, 0.5) is 5.82 Å². The third-order valence-electron chi connectivity index (χ3n) is 4.58. The lowest BCUT2D eigenvalue weighted by Crippen LogP contribution is -2.47. The predicted molar refractivity (Wildman–Crippen MR) is 102 cm³/mol. The fourth-order valence-electron chi connectivity index (χ4n) is 3.14. The smallest absolute Gasteiger partial charge is 0.262 e. The van der Waals surface area contributed by atoms with Gasteiger partial charge in [0.2, 0.25) is 5.91 Å². The second kappa shape index (κ2) is 7.19. The van der Waals surface area contributed by atoms with Gasteiger partial charge in [0.05, 0.1) is 11.1 Å². The van der Waals surface area contributed by atoms with E-state index < -0.39 is 23.8 Å². The molecule has 1 aliphatic heterocycles. The minimum absolute atomic E-state index is 0.257. The van der Waals surface area contributed by atoms with Crippen molar-refractivity contribution >= 4 is 23.5 Å². The maximum absolute atomic E-state index is 12.6. The summed E-state index contributed by atoms with van der Waals surface area (Å²) in [7, 11) is 3.74. The molecule has 0 fully saturated rings. The Hall–Kier alpha value is -3.22. The number of hydrogen-bond acceptors (Lipinski definition) is 5. The molecule has 0 radical (unpaired) electrons. The first-order chi connectivity index (χ1) is 12.8. The number of fused-ring (bicyclic) bond motifs is 1. The number of hydrogen-bond donors (Lipinski definition) is 1. The summed E-state index contributed by atoms with van der Waals surface area (Å²) in [5.74, 6) is -0.513. The number of anilines is 1. The molecule has 0 saturated heterocycles. The Bertz CT molecular complexity index is 923. The molecule has 27 heavy (non-hydrogen) atoms. The number of rotatable bonds is 5.